The van der Waals surface area contributed by atoms with E-state index < -0.39 is 5.97 Å². The van der Waals surface area contributed by atoms with Gasteiger partial charge in [0.05, 0.1) is 64.1 Å². The first-order valence-electron chi connectivity index (χ1n) is 15.8. The number of benzene rings is 1. The highest BCUT2D eigenvalue weighted by atomic mass is 32.1. The number of esters is 1. The van der Waals surface area contributed by atoms with Gasteiger partial charge in [0, 0.05) is 24.9 Å². The molecule has 0 aliphatic heterocycles. The highest BCUT2D eigenvalue weighted by Gasteiger charge is 2.15. The molecular weight excluding hydrogens is 622 g/mol. The third kappa shape index (κ3) is 15.4. The van der Waals surface area contributed by atoms with Gasteiger partial charge in [0.2, 0.25) is 0 Å². The summed E-state index contributed by atoms with van der Waals surface area (Å²) in [5, 5.41) is 27.9. The molecule has 2 aromatic rings. The van der Waals surface area contributed by atoms with Crippen LogP contribution < -0.4 is 4.90 Å². The molecule has 13 heteroatoms. The van der Waals surface area contributed by atoms with Crippen molar-refractivity contribution in [3.63, 3.8) is 0 Å². The molecule has 0 aliphatic rings. The zero-order valence-electron chi connectivity index (χ0n) is 27.6. The van der Waals surface area contributed by atoms with Crippen molar-refractivity contribution in [1.29, 1.82) is 10.5 Å². The van der Waals surface area contributed by atoms with Crippen LogP contribution in [0.3, 0.4) is 0 Å². The second-order valence-electron chi connectivity index (χ2n) is 10.3. The van der Waals surface area contributed by atoms with Gasteiger partial charge < -0.3 is 28.6 Å². The number of hydrogen-bond acceptors (Lipinski definition) is 13. The van der Waals surface area contributed by atoms with Crippen LogP contribution in [-0.2, 0) is 33.3 Å². The molecule has 0 saturated carbocycles. The number of hydrogen-bond donors (Lipinski definition) is 0. The van der Waals surface area contributed by atoms with Crippen LogP contribution in [0.5, 0.6) is 0 Å². The molecule has 0 atom stereocenters. The number of azo groups is 1. The topological polar surface area (TPSA) is 156 Å². The van der Waals surface area contributed by atoms with Crippen molar-refractivity contribution in [3.8, 4) is 12.1 Å². The fourth-order valence-corrected chi connectivity index (χ4v) is 5.13. The summed E-state index contributed by atoms with van der Waals surface area (Å²) in [6.45, 7) is 11.1. The summed E-state index contributed by atoms with van der Waals surface area (Å²) in [6, 6.07) is 10.3. The van der Waals surface area contributed by atoms with Crippen molar-refractivity contribution < 1.29 is 33.3 Å². The van der Waals surface area contributed by atoms with Gasteiger partial charge in [-0.2, -0.15) is 10.5 Å². The molecule has 12 nitrogen and oxygen atoms in total. The van der Waals surface area contributed by atoms with Gasteiger partial charge in [-0.1, -0.05) is 26.2 Å². The van der Waals surface area contributed by atoms with E-state index in [-0.39, 0.29) is 13.2 Å². The largest absolute Gasteiger partial charge is 0.460 e. The van der Waals surface area contributed by atoms with E-state index in [9.17, 15) is 20.1 Å². The molecule has 0 saturated heterocycles. The molecule has 1 heterocycles. The monoisotopic (exact) mass is 667 g/mol. The van der Waals surface area contributed by atoms with Gasteiger partial charge in [0.25, 0.3) is 0 Å². The molecule has 0 N–H and O–H groups in total. The predicted molar refractivity (Wildman–Crippen MR) is 180 cm³/mol. The molecule has 0 unspecified atom stereocenters. The number of ether oxygens (including phenoxy) is 5. The Balaban J connectivity index is 1.71. The Labute approximate surface area is 281 Å². The Hall–Kier alpha value is -3.98. The van der Waals surface area contributed by atoms with E-state index in [1.165, 1.54) is 30.6 Å². The van der Waals surface area contributed by atoms with Crippen molar-refractivity contribution in [1.82, 2.24) is 0 Å². The lowest BCUT2D eigenvalue weighted by molar-refractivity contribution is -0.139. The van der Waals surface area contributed by atoms with E-state index in [1.54, 1.807) is 6.92 Å². The smallest absolute Gasteiger partial charge is 0.330 e. The Kier molecular flexibility index (Phi) is 20.2. The van der Waals surface area contributed by atoms with E-state index in [0.29, 0.717) is 79.2 Å². The van der Waals surface area contributed by atoms with Gasteiger partial charge in [-0.25, -0.2) is 4.79 Å². The summed E-state index contributed by atoms with van der Waals surface area (Å²) in [5.74, 6) is -0.585. The minimum absolute atomic E-state index is 0.106. The summed E-state index contributed by atoms with van der Waals surface area (Å²) >= 11 is 1.18. The van der Waals surface area contributed by atoms with Gasteiger partial charge in [-0.05, 0) is 55.7 Å². The molecule has 1 aromatic heterocycles. The van der Waals surface area contributed by atoms with Crippen molar-refractivity contribution in [3.05, 3.63) is 51.9 Å². The lowest BCUT2D eigenvalue weighted by Gasteiger charge is -2.25. The summed E-state index contributed by atoms with van der Waals surface area (Å²) in [7, 11) is 0. The third-order valence-electron chi connectivity index (χ3n) is 6.82. The number of rotatable bonds is 25. The first kappa shape index (κ1) is 39.2. The van der Waals surface area contributed by atoms with Gasteiger partial charge in [0.1, 0.15) is 29.9 Å². The second kappa shape index (κ2) is 24.2. The molecule has 0 aliphatic carbocycles. The van der Waals surface area contributed by atoms with E-state index >= 15 is 0 Å². The number of aryl methyl sites for hydroxylation is 1. The van der Waals surface area contributed by atoms with Crippen LogP contribution in [0.15, 0.2) is 40.6 Å². The average Bonchev–Trinajstić information content (AvgIpc) is 3.39. The summed E-state index contributed by atoms with van der Waals surface area (Å²) in [5.41, 5.74) is 3.79. The molecule has 0 fully saturated rings. The van der Waals surface area contributed by atoms with Crippen molar-refractivity contribution in [2.45, 2.75) is 46.5 Å². The van der Waals surface area contributed by atoms with Crippen molar-refractivity contribution in [2.24, 2.45) is 10.2 Å². The first-order valence-corrected chi connectivity index (χ1v) is 16.6. The minimum Gasteiger partial charge on any atom is -0.460 e. The van der Waals surface area contributed by atoms with Crippen LogP contribution in [-0.4, -0.2) is 84.8 Å². The normalized spacial score (nSPS) is 11.2. The van der Waals surface area contributed by atoms with E-state index in [0.717, 1.165) is 42.9 Å². The molecule has 0 amide bonds. The van der Waals surface area contributed by atoms with Crippen molar-refractivity contribution in [2.75, 3.05) is 77.5 Å². The first-order chi connectivity index (χ1) is 22.9. The van der Waals surface area contributed by atoms with Gasteiger partial charge in [-0.15, -0.1) is 21.6 Å². The van der Waals surface area contributed by atoms with Crippen LogP contribution in [0.1, 0.15) is 54.2 Å². The maximum Gasteiger partial charge on any atom is 0.330 e. The predicted octanol–water partition coefficient (Wildman–Crippen LogP) is 6.28. The number of nitrogens with zero attached hydrogens (tertiary/aromatic N) is 5. The van der Waals surface area contributed by atoms with Gasteiger partial charge >= 0.3 is 5.97 Å². The Morgan fingerprint density at radius 3 is 2.13 bits per heavy atom. The van der Waals surface area contributed by atoms with Crippen LogP contribution in [0.2, 0.25) is 0 Å². The molecule has 0 bridgehead atoms. The molecule has 2 rings (SSSR count). The second-order valence-corrected chi connectivity index (χ2v) is 11.3. The Morgan fingerprint density at radius 2 is 1.53 bits per heavy atom. The maximum atomic E-state index is 11.2. The minimum atomic E-state index is -0.585. The van der Waals surface area contributed by atoms with Gasteiger partial charge in [-0.3, -0.25) is 4.79 Å². The highest BCUT2D eigenvalue weighted by Crippen LogP contribution is 2.36. The molecule has 1 aromatic carbocycles. The molecule has 254 valence electrons. The Bertz CT molecular complexity index is 1380. The molecule has 47 heavy (non-hydrogen) atoms. The van der Waals surface area contributed by atoms with Crippen LogP contribution >= 0.6 is 11.3 Å². The number of allylic oxidation sites excluding steroid dienone is 1. The number of nitriles is 2. The third-order valence-corrected chi connectivity index (χ3v) is 7.90. The summed E-state index contributed by atoms with van der Waals surface area (Å²) in [6.07, 6.45) is 7.28. The molecule has 0 radical (unpaired) electrons. The fourth-order valence-electron chi connectivity index (χ4n) is 4.26. The standard InChI is InChI=1S/C34H45N5O7S/c1-4-5-6-7-12-39(13-15-42-16-17-43-18-19-44-20-21-45-22-23-46-33(41)9-8-14-40)29-10-11-31(27(2)24-29)37-38-34-30(25-35)28(3)32(26-36)47-34/h8-11,14,24H,4-7,12-13,15-23H2,1-3H3/b9-8-,38-37+. The number of unbranched alkanes of at least 4 members (excludes halogenated alkanes) is 3. The zero-order valence-corrected chi connectivity index (χ0v) is 28.4. The average molecular weight is 668 g/mol. The summed E-state index contributed by atoms with van der Waals surface area (Å²) < 4.78 is 27.1. The lowest BCUT2D eigenvalue weighted by atomic mass is 10.1. The highest BCUT2D eigenvalue weighted by molar-refractivity contribution is 7.16. The SMILES string of the molecule is CCCCCCN(CCOCCOCCOCCOCCOC(=O)/C=C\C=O)c1ccc(/N=N/c2sc(C#N)c(C)c2C#N)c(C)c1. The van der Waals surface area contributed by atoms with E-state index in [1.807, 2.05) is 19.1 Å². The zero-order chi connectivity index (χ0) is 34.1. The van der Waals surface area contributed by atoms with Crippen molar-refractivity contribution >= 4 is 40.0 Å². The maximum absolute atomic E-state index is 11.2. The molecule has 0 spiro atoms. The summed E-state index contributed by atoms with van der Waals surface area (Å²) in [4.78, 5) is 24.1. The Morgan fingerprint density at radius 1 is 0.872 bits per heavy atom. The molecular formula is C34H45N5O7S. The number of carbonyl (C=O) groups is 2. The van der Waals surface area contributed by atoms with Crippen LogP contribution in [0, 0.1) is 36.5 Å². The van der Waals surface area contributed by atoms with Gasteiger partial charge in [0.15, 0.2) is 5.00 Å². The number of thiophene rings is 1. The van der Waals surface area contributed by atoms with E-state index in [2.05, 4.69) is 40.3 Å². The quantitative estimate of drug-likeness (QED) is 0.0388. The van der Waals surface area contributed by atoms with Crippen LogP contribution in [0.25, 0.3) is 0 Å². The lowest BCUT2D eigenvalue weighted by Crippen LogP contribution is -2.29. The number of carbonyl (C=O) groups excluding carboxylic acids is 2. The van der Waals surface area contributed by atoms with E-state index in [4.69, 9.17) is 23.7 Å². The fraction of sp³-hybridized carbons (Fsp3) is 0.529. The number of aldehydes is 1. The van der Waals surface area contributed by atoms with Crippen LogP contribution in [0.4, 0.5) is 16.4 Å². The number of anilines is 1.